The molecule has 0 aromatic rings. The second-order valence-electron chi connectivity index (χ2n) is 7.49. The molecule has 2 aliphatic heterocycles. The van der Waals surface area contributed by atoms with Crippen LogP contribution >= 0.6 is 0 Å². The average Bonchev–Trinajstić information content (AvgIpc) is 3.01. The summed E-state index contributed by atoms with van der Waals surface area (Å²) in [6.07, 6.45) is -10.1. The van der Waals surface area contributed by atoms with Crippen LogP contribution in [-0.4, -0.2) is 102 Å². The zero-order chi connectivity index (χ0) is 21.5. The molecule has 1 aliphatic carbocycles. The molecule has 10 atom stereocenters. The molecule has 29 heavy (non-hydrogen) atoms. The lowest BCUT2D eigenvalue weighted by Gasteiger charge is -2.43. The number of ether oxygens (including phenoxy) is 5. The number of carbonyl (C=O) groups is 1. The Kier molecular flexibility index (Phi) is 6.93. The van der Waals surface area contributed by atoms with Gasteiger partial charge in [-0.15, -0.1) is 0 Å². The minimum atomic E-state index is -1.62. The first-order valence-electron chi connectivity index (χ1n) is 9.38. The first kappa shape index (κ1) is 22.5. The summed E-state index contributed by atoms with van der Waals surface area (Å²) in [6.45, 7) is 1.16. The van der Waals surface area contributed by atoms with E-state index >= 15 is 0 Å². The van der Waals surface area contributed by atoms with Gasteiger partial charge < -0.3 is 49.2 Å². The zero-order valence-electron chi connectivity index (χ0n) is 16.4. The Balaban J connectivity index is 1.90. The second kappa shape index (κ2) is 8.92. The summed E-state index contributed by atoms with van der Waals surface area (Å²) in [7, 11) is 2.55. The molecular weight excluding hydrogens is 392 g/mol. The van der Waals surface area contributed by atoms with Crippen molar-refractivity contribution < 1.29 is 54.0 Å². The third kappa shape index (κ3) is 3.94. The van der Waals surface area contributed by atoms with Gasteiger partial charge in [0, 0.05) is 13.0 Å². The van der Waals surface area contributed by atoms with E-state index in [1.165, 1.54) is 14.2 Å². The van der Waals surface area contributed by atoms with E-state index in [4.69, 9.17) is 23.7 Å². The van der Waals surface area contributed by atoms with Gasteiger partial charge in [0.05, 0.1) is 25.4 Å². The molecule has 3 aliphatic rings. The maximum atomic E-state index is 12.3. The fourth-order valence-corrected chi connectivity index (χ4v) is 4.17. The zero-order valence-corrected chi connectivity index (χ0v) is 16.4. The number of hydrogen-bond acceptors (Lipinski definition) is 11. The number of aliphatic hydroxyl groups is 5. The molecule has 11 heteroatoms. The van der Waals surface area contributed by atoms with E-state index in [1.54, 1.807) is 6.92 Å². The van der Waals surface area contributed by atoms with Gasteiger partial charge in [0.2, 0.25) is 0 Å². The van der Waals surface area contributed by atoms with Crippen LogP contribution in [0.2, 0.25) is 0 Å². The van der Waals surface area contributed by atoms with E-state index in [9.17, 15) is 30.3 Å². The molecule has 0 bridgehead atoms. The predicted octanol–water partition coefficient (Wildman–Crippen LogP) is -2.38. The van der Waals surface area contributed by atoms with Crippen molar-refractivity contribution in [2.75, 3.05) is 20.8 Å². The monoisotopic (exact) mass is 420 g/mol. The van der Waals surface area contributed by atoms with Crippen LogP contribution in [0, 0.1) is 11.8 Å². The van der Waals surface area contributed by atoms with E-state index < -0.39 is 67.9 Å². The van der Waals surface area contributed by atoms with Gasteiger partial charge in [-0.05, 0) is 17.9 Å². The molecular formula is C18H28O11. The fraction of sp³-hybridized carbons (Fsp3) is 0.833. The molecule has 1 saturated carbocycles. The third-order valence-electron chi connectivity index (χ3n) is 5.87. The molecule has 0 aromatic carbocycles. The summed E-state index contributed by atoms with van der Waals surface area (Å²) >= 11 is 0. The molecule has 2 fully saturated rings. The van der Waals surface area contributed by atoms with E-state index in [0.29, 0.717) is 5.57 Å². The molecule has 166 valence electrons. The normalized spacial score (nSPS) is 45.2. The van der Waals surface area contributed by atoms with Crippen molar-refractivity contribution in [3.05, 3.63) is 11.1 Å². The smallest absolute Gasteiger partial charge is 0.338 e. The van der Waals surface area contributed by atoms with Crippen molar-refractivity contribution >= 4 is 5.97 Å². The number of carbonyl (C=O) groups excluding carboxylic acids is 1. The molecule has 0 aromatic heterocycles. The minimum absolute atomic E-state index is 0.150. The highest BCUT2D eigenvalue weighted by Crippen LogP contribution is 2.47. The molecule has 11 nitrogen and oxygen atoms in total. The van der Waals surface area contributed by atoms with Gasteiger partial charge in [-0.2, -0.15) is 0 Å². The van der Waals surface area contributed by atoms with Crippen LogP contribution in [0.4, 0.5) is 0 Å². The quantitative estimate of drug-likeness (QED) is 0.302. The van der Waals surface area contributed by atoms with Crippen molar-refractivity contribution in [2.45, 2.75) is 62.7 Å². The Bertz CT molecular complexity index is 635. The lowest BCUT2D eigenvalue weighted by atomic mass is 9.88. The van der Waals surface area contributed by atoms with E-state index in [0.717, 1.165) is 0 Å². The van der Waals surface area contributed by atoms with Crippen molar-refractivity contribution in [3.8, 4) is 0 Å². The van der Waals surface area contributed by atoms with Crippen LogP contribution in [0.15, 0.2) is 11.1 Å². The molecule has 2 heterocycles. The summed E-state index contributed by atoms with van der Waals surface area (Å²) in [5.74, 6) is -1.58. The molecule has 0 amide bonds. The van der Waals surface area contributed by atoms with Gasteiger partial charge >= 0.3 is 5.97 Å². The van der Waals surface area contributed by atoms with Crippen LogP contribution < -0.4 is 0 Å². The summed E-state index contributed by atoms with van der Waals surface area (Å²) in [4.78, 5) is 12.3. The van der Waals surface area contributed by atoms with Gasteiger partial charge in [-0.25, -0.2) is 4.79 Å². The predicted molar refractivity (Wildman–Crippen MR) is 92.8 cm³/mol. The van der Waals surface area contributed by atoms with Crippen molar-refractivity contribution in [1.82, 2.24) is 0 Å². The number of hydrogen-bond donors (Lipinski definition) is 5. The largest absolute Gasteiger partial charge is 0.466 e. The standard InChI is InChI=1S/C18H28O11/c1-6-8(20)4-7-10(6)17(28-16(26-3)11(7)15(24)25-2)29-18-14(23)13(22)12(21)9(5-19)27-18/h6,8-10,12-14,16-23H,4-5H2,1-3H3/t6-,8+,9+,10-,12+,13-,14+,16-,17+,18-/m1/s1. The summed E-state index contributed by atoms with van der Waals surface area (Å²) < 4.78 is 27.0. The first-order chi connectivity index (χ1) is 13.7. The lowest BCUT2D eigenvalue weighted by Crippen LogP contribution is -2.60. The van der Waals surface area contributed by atoms with Crippen molar-refractivity contribution in [1.29, 1.82) is 0 Å². The van der Waals surface area contributed by atoms with E-state index in [2.05, 4.69) is 0 Å². The SMILES string of the molecule is COC(=O)C1=C2C[C@H](O)[C@@H](C)[C@H]2[C@H](O[C@H]2O[C@@H](CO)[C@H](O)[C@@H](O)[C@@H]2O)O[C@H]1OC. The Morgan fingerprint density at radius 2 is 1.76 bits per heavy atom. The second-order valence-corrected chi connectivity index (χ2v) is 7.49. The van der Waals surface area contributed by atoms with Gasteiger partial charge in [0.1, 0.15) is 24.4 Å². The highest BCUT2D eigenvalue weighted by Gasteiger charge is 2.52. The van der Waals surface area contributed by atoms with Crippen molar-refractivity contribution in [2.24, 2.45) is 11.8 Å². The molecule has 5 N–H and O–H groups in total. The topological polar surface area (TPSA) is 164 Å². The summed E-state index contributed by atoms with van der Waals surface area (Å²) in [5.41, 5.74) is 0.710. The van der Waals surface area contributed by atoms with Gasteiger partial charge in [0.15, 0.2) is 18.9 Å². The van der Waals surface area contributed by atoms with Crippen LogP contribution in [0.5, 0.6) is 0 Å². The Hall–Kier alpha value is -1.15. The average molecular weight is 420 g/mol. The van der Waals surface area contributed by atoms with Gasteiger partial charge in [-0.1, -0.05) is 6.92 Å². The van der Waals surface area contributed by atoms with Gasteiger partial charge in [-0.3, -0.25) is 0 Å². The van der Waals surface area contributed by atoms with Crippen LogP contribution in [0.3, 0.4) is 0 Å². The summed E-state index contributed by atoms with van der Waals surface area (Å²) in [5, 5.41) is 49.9. The number of methoxy groups -OCH3 is 2. The highest BCUT2D eigenvalue weighted by molar-refractivity contribution is 5.90. The van der Waals surface area contributed by atoms with Crippen LogP contribution in [0.25, 0.3) is 0 Å². The lowest BCUT2D eigenvalue weighted by molar-refractivity contribution is -0.359. The minimum Gasteiger partial charge on any atom is -0.466 e. The van der Waals surface area contributed by atoms with Crippen LogP contribution in [0.1, 0.15) is 13.3 Å². The maximum Gasteiger partial charge on any atom is 0.338 e. The Morgan fingerprint density at radius 1 is 1.07 bits per heavy atom. The number of rotatable bonds is 5. The number of aliphatic hydroxyl groups excluding tert-OH is 5. The first-order valence-corrected chi connectivity index (χ1v) is 9.38. The Labute approximate surface area is 167 Å². The number of esters is 1. The molecule has 0 spiro atoms. The third-order valence-corrected chi connectivity index (χ3v) is 5.87. The van der Waals surface area contributed by atoms with Gasteiger partial charge in [0.25, 0.3) is 0 Å². The molecule has 0 unspecified atom stereocenters. The summed E-state index contributed by atoms with van der Waals surface area (Å²) in [6, 6.07) is 0. The van der Waals surface area contributed by atoms with E-state index in [-0.39, 0.29) is 17.9 Å². The molecule has 1 saturated heterocycles. The Morgan fingerprint density at radius 3 is 2.34 bits per heavy atom. The van der Waals surface area contributed by atoms with Crippen LogP contribution in [-0.2, 0) is 28.5 Å². The highest BCUT2D eigenvalue weighted by atomic mass is 16.8. The van der Waals surface area contributed by atoms with Crippen molar-refractivity contribution in [3.63, 3.8) is 0 Å². The fourth-order valence-electron chi connectivity index (χ4n) is 4.17. The molecule has 3 rings (SSSR count). The number of fused-ring (bicyclic) bond motifs is 1. The molecule has 0 radical (unpaired) electrons. The maximum absolute atomic E-state index is 12.3. The van der Waals surface area contributed by atoms with E-state index in [1.807, 2.05) is 0 Å².